The van der Waals surface area contributed by atoms with Crippen molar-refractivity contribution in [3.05, 3.63) is 50.7 Å². The molecule has 0 aliphatic carbocycles. The number of aromatic nitrogens is 4. The molecule has 0 saturated carbocycles. The molecule has 9 heteroatoms. The van der Waals surface area contributed by atoms with E-state index in [0.29, 0.717) is 23.3 Å². The third-order valence-electron chi connectivity index (χ3n) is 5.88. The summed E-state index contributed by atoms with van der Waals surface area (Å²) in [6.45, 7) is 6.02. The number of aryl methyl sites for hydroxylation is 2. The van der Waals surface area contributed by atoms with Gasteiger partial charge in [0.05, 0.1) is 6.54 Å². The smallest absolute Gasteiger partial charge is 0.329 e. The zero-order chi connectivity index (χ0) is 22.1. The van der Waals surface area contributed by atoms with Crippen LogP contribution in [0.5, 0.6) is 5.75 Å². The highest BCUT2D eigenvalue weighted by atomic mass is 16.5. The monoisotopic (exact) mass is 427 g/mol. The number of piperidine rings is 1. The van der Waals surface area contributed by atoms with Gasteiger partial charge in [-0.3, -0.25) is 14.3 Å². The predicted molar refractivity (Wildman–Crippen MR) is 119 cm³/mol. The highest BCUT2D eigenvalue weighted by Crippen LogP contribution is 2.25. The molecule has 2 aromatic heterocycles. The first-order valence-electron chi connectivity index (χ1n) is 10.7. The van der Waals surface area contributed by atoms with Crippen LogP contribution in [-0.4, -0.2) is 50.0 Å². The number of nitrogens with zero attached hydrogens (tertiary/aromatic N) is 4. The van der Waals surface area contributed by atoms with Gasteiger partial charge in [-0.2, -0.15) is 4.98 Å². The van der Waals surface area contributed by atoms with E-state index in [2.05, 4.69) is 21.8 Å². The van der Waals surface area contributed by atoms with Crippen molar-refractivity contribution < 1.29 is 9.84 Å². The number of ether oxygens (including phenoxy) is 1. The van der Waals surface area contributed by atoms with Crippen molar-refractivity contribution in [2.24, 2.45) is 13.0 Å². The fourth-order valence-electron chi connectivity index (χ4n) is 4.01. The molecule has 3 heterocycles. The standard InChI is InChI=1S/C22H29N5O4/c1-14-7-9-26(10-8-14)21-23-19-18(20(29)24-22(30)25(19)3)27(21)12-16(28)13-31-17-6-4-5-15(2)11-17/h4-6,11,14,16,28H,7-10,12-13H2,1-3H3,(H,24,29,30)/t16-/m0/s1. The Morgan fingerprint density at radius 3 is 2.74 bits per heavy atom. The number of nitrogens with one attached hydrogen (secondary N) is 1. The van der Waals surface area contributed by atoms with Crippen molar-refractivity contribution in [1.29, 1.82) is 0 Å². The molecule has 0 bridgehead atoms. The van der Waals surface area contributed by atoms with Crippen LogP contribution in [0.1, 0.15) is 25.3 Å². The predicted octanol–water partition coefficient (Wildman–Crippen LogP) is 1.41. The molecule has 4 rings (SSSR count). The number of aliphatic hydroxyl groups is 1. The maximum atomic E-state index is 12.7. The Labute approximate surface area is 179 Å². The Morgan fingerprint density at radius 2 is 2.03 bits per heavy atom. The Bertz CT molecular complexity index is 1190. The Morgan fingerprint density at radius 1 is 1.29 bits per heavy atom. The summed E-state index contributed by atoms with van der Waals surface area (Å²) in [6.07, 6.45) is 1.19. The molecule has 0 spiro atoms. The second-order valence-corrected chi connectivity index (χ2v) is 8.46. The lowest BCUT2D eigenvalue weighted by Gasteiger charge is -2.31. The minimum Gasteiger partial charge on any atom is -0.491 e. The zero-order valence-corrected chi connectivity index (χ0v) is 18.2. The fraction of sp³-hybridized carbons (Fsp3) is 0.500. The summed E-state index contributed by atoms with van der Waals surface area (Å²) in [4.78, 5) is 33.8. The van der Waals surface area contributed by atoms with Crippen LogP contribution in [0.25, 0.3) is 11.2 Å². The summed E-state index contributed by atoms with van der Waals surface area (Å²) >= 11 is 0. The van der Waals surface area contributed by atoms with Crippen LogP contribution in [0.4, 0.5) is 5.95 Å². The average Bonchev–Trinajstić information content (AvgIpc) is 3.11. The molecule has 1 atom stereocenters. The molecule has 0 amide bonds. The van der Waals surface area contributed by atoms with Crippen LogP contribution in [0.2, 0.25) is 0 Å². The van der Waals surface area contributed by atoms with Crippen LogP contribution >= 0.6 is 0 Å². The largest absolute Gasteiger partial charge is 0.491 e. The minimum absolute atomic E-state index is 0.0727. The van der Waals surface area contributed by atoms with E-state index in [9.17, 15) is 14.7 Å². The Hall–Kier alpha value is -3.07. The maximum Gasteiger partial charge on any atom is 0.329 e. The molecule has 0 radical (unpaired) electrons. The molecule has 31 heavy (non-hydrogen) atoms. The molecule has 166 valence electrons. The van der Waals surface area contributed by atoms with Crippen LogP contribution < -0.4 is 20.9 Å². The van der Waals surface area contributed by atoms with Gasteiger partial charge < -0.3 is 19.3 Å². The van der Waals surface area contributed by atoms with Crippen molar-refractivity contribution in [2.75, 3.05) is 24.6 Å². The quantitative estimate of drug-likeness (QED) is 0.616. The van der Waals surface area contributed by atoms with Crippen LogP contribution in [0.15, 0.2) is 33.9 Å². The molecular formula is C22H29N5O4. The summed E-state index contributed by atoms with van der Waals surface area (Å²) in [5.74, 6) is 1.92. The topological polar surface area (TPSA) is 105 Å². The molecule has 1 saturated heterocycles. The molecular weight excluding hydrogens is 398 g/mol. The Balaban J connectivity index is 1.65. The number of anilines is 1. The van der Waals surface area contributed by atoms with Gasteiger partial charge in [-0.1, -0.05) is 19.1 Å². The molecule has 1 aliphatic heterocycles. The Kier molecular flexibility index (Phi) is 5.86. The molecule has 1 aromatic carbocycles. The number of hydrogen-bond donors (Lipinski definition) is 2. The molecule has 1 aliphatic rings. The van der Waals surface area contributed by atoms with Crippen LogP contribution in [-0.2, 0) is 13.6 Å². The van der Waals surface area contributed by atoms with Gasteiger partial charge in [-0.25, -0.2) is 4.79 Å². The number of benzene rings is 1. The van der Waals surface area contributed by atoms with Crippen molar-refractivity contribution in [1.82, 2.24) is 19.1 Å². The third-order valence-corrected chi connectivity index (χ3v) is 5.88. The molecule has 9 nitrogen and oxygen atoms in total. The summed E-state index contributed by atoms with van der Waals surface area (Å²) in [7, 11) is 1.58. The second kappa shape index (κ2) is 8.58. The lowest BCUT2D eigenvalue weighted by Crippen LogP contribution is -2.36. The number of rotatable bonds is 6. The van der Waals surface area contributed by atoms with Gasteiger partial charge in [0.1, 0.15) is 18.5 Å². The second-order valence-electron chi connectivity index (χ2n) is 8.46. The van der Waals surface area contributed by atoms with Gasteiger partial charge in [0.2, 0.25) is 5.95 Å². The number of aromatic amines is 1. The van der Waals surface area contributed by atoms with Gasteiger partial charge >= 0.3 is 5.69 Å². The lowest BCUT2D eigenvalue weighted by atomic mass is 10.00. The maximum absolute atomic E-state index is 12.7. The normalized spacial score (nSPS) is 16.1. The van der Waals surface area contributed by atoms with Crippen molar-refractivity contribution >= 4 is 17.1 Å². The summed E-state index contributed by atoms with van der Waals surface area (Å²) in [5.41, 5.74) is 0.652. The van der Waals surface area contributed by atoms with Gasteiger partial charge in [-0.15, -0.1) is 0 Å². The van der Waals surface area contributed by atoms with E-state index in [0.717, 1.165) is 31.5 Å². The minimum atomic E-state index is -0.864. The first kappa shape index (κ1) is 21.2. The highest BCUT2D eigenvalue weighted by Gasteiger charge is 2.25. The fourth-order valence-corrected chi connectivity index (χ4v) is 4.01. The highest BCUT2D eigenvalue weighted by molar-refractivity contribution is 5.74. The number of aliphatic hydroxyl groups excluding tert-OH is 1. The number of imidazole rings is 1. The number of hydrogen-bond acceptors (Lipinski definition) is 6. The van der Waals surface area contributed by atoms with Crippen molar-refractivity contribution in [3.8, 4) is 5.75 Å². The van der Waals surface area contributed by atoms with Crippen molar-refractivity contribution in [3.63, 3.8) is 0 Å². The van der Waals surface area contributed by atoms with Crippen LogP contribution in [0, 0.1) is 12.8 Å². The first-order valence-corrected chi connectivity index (χ1v) is 10.7. The molecule has 3 aromatic rings. The van der Waals surface area contributed by atoms with E-state index >= 15 is 0 Å². The number of H-pyrrole nitrogens is 1. The van der Waals surface area contributed by atoms with Crippen molar-refractivity contribution in [2.45, 2.75) is 39.3 Å². The molecule has 1 fully saturated rings. The van der Waals surface area contributed by atoms with Gasteiger partial charge in [0.25, 0.3) is 5.56 Å². The van der Waals surface area contributed by atoms with Gasteiger partial charge in [-0.05, 0) is 43.4 Å². The van der Waals surface area contributed by atoms with E-state index in [1.807, 2.05) is 31.2 Å². The summed E-state index contributed by atoms with van der Waals surface area (Å²) in [5, 5.41) is 10.7. The van der Waals surface area contributed by atoms with Gasteiger partial charge in [0.15, 0.2) is 11.2 Å². The van der Waals surface area contributed by atoms with Gasteiger partial charge in [0, 0.05) is 20.1 Å². The van der Waals surface area contributed by atoms with E-state index < -0.39 is 17.4 Å². The molecule has 0 unspecified atom stereocenters. The first-order chi connectivity index (χ1) is 14.8. The van der Waals surface area contributed by atoms with E-state index in [4.69, 9.17) is 4.74 Å². The average molecular weight is 428 g/mol. The van der Waals surface area contributed by atoms with E-state index in [1.165, 1.54) is 4.57 Å². The molecule has 2 N–H and O–H groups in total. The number of fused-ring (bicyclic) bond motifs is 1. The van der Waals surface area contributed by atoms with E-state index in [1.54, 1.807) is 11.6 Å². The SMILES string of the molecule is Cc1cccc(OC[C@@H](O)Cn2c(N3CCC(C)CC3)nc3c2c(=O)[nH]c(=O)n3C)c1. The summed E-state index contributed by atoms with van der Waals surface area (Å²) in [6, 6.07) is 7.62. The third kappa shape index (κ3) is 4.36. The van der Waals surface area contributed by atoms with Crippen LogP contribution in [0.3, 0.4) is 0 Å². The zero-order valence-electron chi connectivity index (χ0n) is 18.2. The lowest BCUT2D eigenvalue weighted by molar-refractivity contribution is 0.0935. The van der Waals surface area contributed by atoms with E-state index in [-0.39, 0.29) is 18.7 Å². The summed E-state index contributed by atoms with van der Waals surface area (Å²) < 4.78 is 8.79.